The van der Waals surface area contributed by atoms with Gasteiger partial charge >= 0.3 is 5.97 Å². The number of nitrogens with one attached hydrogen (secondary N) is 3. The fourth-order valence-corrected chi connectivity index (χ4v) is 18.0. The number of hydrazine groups is 2. The Hall–Kier alpha value is -9.82. The summed E-state index contributed by atoms with van der Waals surface area (Å²) in [6, 6.07) is 12.6. The Bertz CT molecular complexity index is 4860. The molecule has 6 aliphatic rings. The van der Waals surface area contributed by atoms with E-state index in [9.17, 15) is 39.0 Å². The first-order chi connectivity index (χ1) is 61.8. The summed E-state index contributed by atoms with van der Waals surface area (Å²) < 4.78 is 61.6. The van der Waals surface area contributed by atoms with Crippen LogP contribution >= 0.6 is 0 Å². The quantitative estimate of drug-likeness (QED) is 0.00922. The van der Waals surface area contributed by atoms with Gasteiger partial charge in [0.05, 0.1) is 88.3 Å². The molecule has 12 rings (SSSR count). The lowest BCUT2D eigenvalue weighted by Gasteiger charge is -2.42. The van der Waals surface area contributed by atoms with Gasteiger partial charge in [-0.2, -0.15) is 10.1 Å². The van der Waals surface area contributed by atoms with Crippen LogP contribution in [0.5, 0.6) is 0 Å². The first-order valence-electron chi connectivity index (χ1n) is 45.4. The molecule has 0 radical (unpaired) electrons. The number of nitrogen functional groups attached to an aromatic ring is 2. The Balaban J connectivity index is 0.555. The highest BCUT2D eigenvalue weighted by atomic mass is 16.6. The van der Waals surface area contributed by atoms with Crippen molar-refractivity contribution in [2.75, 3.05) is 130 Å². The number of anilines is 3. The molecule has 4 fully saturated rings. The molecular weight excluding hydrogens is 1640 g/mol. The van der Waals surface area contributed by atoms with Crippen LogP contribution in [0.1, 0.15) is 150 Å². The van der Waals surface area contributed by atoms with Gasteiger partial charge in [0.1, 0.15) is 53.5 Å². The number of aromatic nitrogens is 7. The second-order valence-corrected chi connectivity index (χ2v) is 35.1. The SMILES string of the molecule is CO[C@H]1C[C@@H]2CC[C@@H](C)[C@@](O)(O2)C(=O)C(=O)N2CCCC[C@H]2C(=O)O[C@H]([C@H](C)C[C@@H]2CC[C@@H](OCc3cccc(-c4cnc(N5CCN(CC6=CN(CCOCCOCCOCCC(=O)NCCCCn7nc(-c8ccc9oc(N)nc9c8)c8c(N)ncnc87)NN6)CC5)nc4)c3)[C@H](OC)C2)CC(=O)[C@H](C)/C=C(\C)[C@@H](O)[C@@H](OC)C(=O)[C@H](C)C[C@H](C)/C=C/C=C/C=C/1C. The van der Waals surface area contributed by atoms with E-state index in [2.05, 4.69) is 53.3 Å². The number of aliphatic hydroxyl groups is 2. The third-order valence-corrected chi connectivity index (χ3v) is 25.6. The van der Waals surface area contributed by atoms with Gasteiger partial charge < -0.3 is 89.3 Å². The molecule has 15 atom stereocenters. The lowest BCUT2D eigenvalue weighted by Crippen LogP contribution is -2.61. The van der Waals surface area contributed by atoms with Crippen molar-refractivity contribution in [1.29, 1.82) is 0 Å². The summed E-state index contributed by atoms with van der Waals surface area (Å²) in [4.78, 5) is 114. The van der Waals surface area contributed by atoms with Gasteiger partial charge in [0.15, 0.2) is 17.0 Å². The van der Waals surface area contributed by atoms with Crippen molar-refractivity contribution in [2.45, 2.75) is 212 Å². The number of carbonyl (C=O) groups excluding carboxylic acids is 6. The van der Waals surface area contributed by atoms with E-state index in [0.717, 1.165) is 85.5 Å². The molecule has 6 aromatic rings. The summed E-state index contributed by atoms with van der Waals surface area (Å²) in [6.07, 6.45) is 20.4. The number of oxazole rings is 1. The van der Waals surface area contributed by atoms with Crippen LogP contribution < -0.4 is 32.6 Å². The van der Waals surface area contributed by atoms with Gasteiger partial charge in [-0.05, 0) is 155 Å². The molecule has 9 heterocycles. The van der Waals surface area contributed by atoms with Crippen molar-refractivity contribution in [1.82, 2.24) is 65.8 Å². The number of aryl methyl sites for hydroxylation is 1. The van der Waals surface area contributed by atoms with E-state index in [1.54, 1.807) is 47.1 Å². The number of benzene rings is 2. The zero-order valence-electron chi connectivity index (χ0n) is 75.8. The number of unbranched alkanes of at least 4 members (excludes halogenated alkanes) is 1. The molecule has 2 bridgehead atoms. The fraction of sp³-hybridized carbons (Fsp3) is 0.596. The normalized spacial score (nSPS) is 27.8. The molecule has 34 heteroatoms. The molecule has 1 saturated carbocycles. The van der Waals surface area contributed by atoms with E-state index in [0.29, 0.717) is 162 Å². The summed E-state index contributed by atoms with van der Waals surface area (Å²) in [7, 11) is 4.65. The number of hydrogen-bond acceptors (Lipinski definition) is 31. The van der Waals surface area contributed by atoms with E-state index in [1.165, 1.54) is 18.3 Å². The monoisotopic (exact) mass is 1770 g/mol. The number of esters is 1. The van der Waals surface area contributed by atoms with Crippen molar-refractivity contribution in [3.05, 3.63) is 126 Å². The number of carbonyl (C=O) groups is 6. The van der Waals surface area contributed by atoms with Crippen molar-refractivity contribution in [3.8, 4) is 22.4 Å². The highest BCUT2D eigenvalue weighted by Crippen LogP contribution is 2.40. The molecule has 0 unspecified atom stereocenters. The second kappa shape index (κ2) is 47.1. The van der Waals surface area contributed by atoms with Crippen LogP contribution in [-0.2, 0) is 84.6 Å². The predicted octanol–water partition coefficient (Wildman–Crippen LogP) is 9.30. The van der Waals surface area contributed by atoms with Gasteiger partial charge in [-0.25, -0.2) is 29.4 Å². The maximum absolute atomic E-state index is 14.9. The van der Waals surface area contributed by atoms with Gasteiger partial charge in [-0.3, -0.25) is 33.9 Å². The minimum absolute atomic E-state index is 0.00895. The van der Waals surface area contributed by atoms with Gasteiger partial charge in [-0.1, -0.05) is 89.3 Å². The minimum Gasteiger partial charge on any atom is -0.460 e. The second-order valence-electron chi connectivity index (χ2n) is 35.1. The zero-order chi connectivity index (χ0) is 91.0. The third-order valence-electron chi connectivity index (χ3n) is 25.6. The number of Topliss-reactive ketones (excluding diaryl/α,β-unsaturated/α-hetero) is 3. The molecule has 5 aliphatic heterocycles. The van der Waals surface area contributed by atoms with Gasteiger partial charge in [0, 0.05) is 140 Å². The molecule has 4 aromatic heterocycles. The number of ether oxygens (including phenoxy) is 9. The summed E-state index contributed by atoms with van der Waals surface area (Å²) in [5.74, 6) is -7.37. The minimum atomic E-state index is -2.47. The largest absolute Gasteiger partial charge is 0.460 e. The average Bonchev–Trinajstić information content (AvgIpc) is 1.56. The number of amides is 2. The highest BCUT2D eigenvalue weighted by molar-refractivity contribution is 6.39. The number of ketones is 3. The Morgan fingerprint density at radius 2 is 1.55 bits per heavy atom. The molecule has 2 amide bonds. The maximum atomic E-state index is 14.9. The van der Waals surface area contributed by atoms with Gasteiger partial charge in [-0.15, -0.1) is 5.53 Å². The lowest BCUT2D eigenvalue weighted by molar-refractivity contribution is -0.265. The van der Waals surface area contributed by atoms with E-state index < -0.39 is 77.8 Å². The Labute approximate surface area is 749 Å². The van der Waals surface area contributed by atoms with Crippen LogP contribution in [-0.4, -0.2) is 263 Å². The molecule has 0 spiro atoms. The molecule has 1 aliphatic carbocycles. The highest BCUT2D eigenvalue weighted by Gasteiger charge is 2.53. The standard InChI is InChI=1S/C94H132N16O18/c1-59-19-12-11-13-20-60(2)78(119-8)51-72-27-24-65(7)94(118,128-72)87(115)90(116)109-32-16-14-23-74(109)91(117)126-79(52-75(111)61(3)46-64(6)85(114)86(121-10)84(113)63(5)45-59)62(4)47-66-25-28-77(80(49-66)120-9)125-57-67-21-18-22-68(48-67)70-53-98-93(99-54-70)107-36-34-106(35-37-107)55-71-56-108(105-103-71)38-40-123-42-44-124-43-41-122-39-30-81(112)97-31-15-17-33-110-89-82(88(95)100-58-101-89)83(104-110)69-26-29-76-73(50-69)102-92(96)127-76/h11-13,18-22,26,29,46,48,50,53-54,56,58-59,61-63,65-66,72,74,77-80,85-86,103,105,114,118H,14-17,23-25,27-28,30-45,47,49,51-52,55,57H2,1-10H3,(H2,96,102)(H,97,112)(H2,95,100,101)/b13-11+,19-12+,60-20+,64-46+/t59-,61-,62-,63-,65-,66+,72+,74+,77-,78+,79+,80-,85-,86+,94-/m1/s1. The van der Waals surface area contributed by atoms with Crippen LogP contribution in [0.25, 0.3) is 44.5 Å². The summed E-state index contributed by atoms with van der Waals surface area (Å²) in [5.41, 5.74) is 26.9. The number of nitrogens with two attached hydrogens (primary N) is 2. The van der Waals surface area contributed by atoms with Crippen molar-refractivity contribution < 1.29 is 86.0 Å². The number of nitrogens with zero attached hydrogens (tertiary/aromatic N) is 11. The summed E-state index contributed by atoms with van der Waals surface area (Å²) in [5, 5.41) is 34.3. The Kier molecular flexibility index (Phi) is 35.8. The van der Waals surface area contributed by atoms with Crippen LogP contribution in [0.3, 0.4) is 0 Å². The number of cyclic esters (lactones) is 1. The molecule has 3 saturated heterocycles. The van der Waals surface area contributed by atoms with Crippen LogP contribution in [0.2, 0.25) is 0 Å². The number of allylic oxidation sites excluding steroid dienone is 6. The van der Waals surface area contributed by atoms with Crippen molar-refractivity contribution in [2.24, 2.45) is 35.5 Å². The first-order valence-corrected chi connectivity index (χ1v) is 45.4. The molecule has 696 valence electrons. The number of piperidine rings is 1. The van der Waals surface area contributed by atoms with Crippen LogP contribution in [0.4, 0.5) is 17.8 Å². The average molecular weight is 1770 g/mol. The predicted molar refractivity (Wildman–Crippen MR) is 481 cm³/mol. The molecule has 128 heavy (non-hydrogen) atoms. The molecular formula is C94H132N16O18. The lowest BCUT2D eigenvalue weighted by atomic mass is 9.78. The van der Waals surface area contributed by atoms with Crippen LogP contribution in [0, 0.1) is 35.5 Å². The van der Waals surface area contributed by atoms with E-state index in [-0.39, 0.29) is 85.9 Å². The third kappa shape index (κ3) is 26.1. The molecule has 2 aromatic carbocycles. The number of fused-ring (bicyclic) bond motifs is 5. The first kappa shape index (κ1) is 97.2. The van der Waals surface area contributed by atoms with Crippen LogP contribution in [0.15, 0.2) is 125 Å². The number of piperazine rings is 1. The van der Waals surface area contributed by atoms with E-state index in [1.807, 2.05) is 110 Å². The van der Waals surface area contributed by atoms with Crippen molar-refractivity contribution in [3.63, 3.8) is 0 Å². The molecule has 9 N–H and O–H groups in total. The molecule has 34 nitrogen and oxygen atoms in total. The summed E-state index contributed by atoms with van der Waals surface area (Å²) >= 11 is 0. The number of hydrogen-bond donors (Lipinski definition) is 7. The smallest absolute Gasteiger partial charge is 0.329 e. The topological polar surface area (TPSA) is 422 Å². The summed E-state index contributed by atoms with van der Waals surface area (Å²) in [6.45, 7) is 21.2. The van der Waals surface area contributed by atoms with E-state index in [4.69, 9.17) is 73.6 Å². The number of methoxy groups -OCH3 is 3. The fourth-order valence-electron chi connectivity index (χ4n) is 18.0. The Morgan fingerprint density at radius 3 is 2.31 bits per heavy atom. The zero-order valence-corrected chi connectivity index (χ0v) is 75.8. The van der Waals surface area contributed by atoms with Gasteiger partial charge in [0.2, 0.25) is 17.6 Å². The maximum Gasteiger partial charge on any atom is 0.329 e. The van der Waals surface area contributed by atoms with Crippen molar-refractivity contribution >= 4 is 75.0 Å². The Morgan fingerprint density at radius 1 is 0.773 bits per heavy atom. The van der Waals surface area contributed by atoms with E-state index >= 15 is 0 Å². The number of aliphatic hydroxyl groups excluding tert-OH is 1. The van der Waals surface area contributed by atoms with Gasteiger partial charge in [0.25, 0.3) is 17.7 Å². The number of rotatable bonds is 31.